The largest absolute Gasteiger partial charge is 0.0622 e. The van der Waals surface area contributed by atoms with Crippen molar-refractivity contribution in [2.75, 3.05) is 0 Å². The summed E-state index contributed by atoms with van der Waals surface area (Å²) < 4.78 is 0. The summed E-state index contributed by atoms with van der Waals surface area (Å²) in [4.78, 5) is 0. The van der Waals surface area contributed by atoms with Crippen LogP contribution in [-0.4, -0.2) is 0 Å². The molecule has 0 N–H and O–H groups in total. The molecule has 2 aliphatic rings. The predicted molar refractivity (Wildman–Crippen MR) is 34.6 cm³/mol. The van der Waals surface area contributed by atoms with Gasteiger partial charge in [-0.2, -0.15) is 0 Å². The quantitative estimate of drug-likeness (QED) is 0.449. The van der Waals surface area contributed by atoms with E-state index in [1.165, 1.54) is 12.3 Å². The van der Waals surface area contributed by atoms with E-state index < -0.39 is 0 Å². The number of hydrogen-bond acceptors (Lipinski definition) is 0. The second kappa shape index (κ2) is 1.49. The van der Waals surface area contributed by atoms with Crippen LogP contribution in [0, 0.1) is 17.8 Å². The molecule has 0 saturated heterocycles. The highest BCUT2D eigenvalue weighted by Gasteiger charge is 2.40. The van der Waals surface area contributed by atoms with E-state index in [2.05, 4.69) is 6.92 Å². The van der Waals surface area contributed by atoms with Crippen molar-refractivity contribution in [3.8, 4) is 0 Å². The van der Waals surface area contributed by atoms with Gasteiger partial charge in [-0.1, -0.05) is 19.8 Å². The minimum atomic E-state index is 1.09. The van der Waals surface area contributed by atoms with Crippen LogP contribution >= 0.6 is 0 Å². The van der Waals surface area contributed by atoms with E-state index in [1.807, 2.05) is 0 Å². The van der Waals surface area contributed by atoms with Gasteiger partial charge in [0.1, 0.15) is 0 Å². The Morgan fingerprint density at radius 3 is 2.62 bits per heavy atom. The van der Waals surface area contributed by atoms with Gasteiger partial charge in [-0.15, -0.1) is 0 Å². The third-order valence-electron chi connectivity index (χ3n) is 3.12. The highest BCUT2D eigenvalue weighted by Crippen LogP contribution is 2.50. The summed E-state index contributed by atoms with van der Waals surface area (Å²) in [5, 5.41) is 0. The summed E-state index contributed by atoms with van der Waals surface area (Å²) in [6.07, 6.45) is 6.17. The summed E-state index contributed by atoms with van der Waals surface area (Å²) in [5.41, 5.74) is 0. The molecule has 0 nitrogen and oxygen atoms in total. The van der Waals surface area contributed by atoms with Crippen LogP contribution in [-0.2, 0) is 0 Å². The Hall–Kier alpha value is 0. The van der Waals surface area contributed by atoms with Gasteiger partial charge in [0.25, 0.3) is 0 Å². The van der Waals surface area contributed by atoms with Gasteiger partial charge in [0, 0.05) is 0 Å². The third kappa shape index (κ3) is 0.463. The molecule has 0 unspecified atom stereocenters. The minimum Gasteiger partial charge on any atom is -0.0622 e. The normalized spacial score (nSPS) is 52.9. The van der Waals surface area contributed by atoms with Crippen molar-refractivity contribution in [1.82, 2.24) is 0 Å². The van der Waals surface area contributed by atoms with Crippen LogP contribution in [0.25, 0.3) is 0 Å². The van der Waals surface area contributed by atoms with Crippen molar-refractivity contribution in [1.29, 1.82) is 0 Å². The van der Waals surface area contributed by atoms with Crippen LogP contribution in [0.15, 0.2) is 0 Å². The van der Waals surface area contributed by atoms with Crippen LogP contribution < -0.4 is 0 Å². The fourth-order valence-corrected chi connectivity index (χ4v) is 2.56. The summed E-state index contributed by atoms with van der Waals surface area (Å²) in [6.45, 7) is 2.41. The second-order valence-corrected chi connectivity index (χ2v) is 3.57. The predicted octanol–water partition coefficient (Wildman–Crippen LogP) is 2.44. The van der Waals surface area contributed by atoms with Gasteiger partial charge in [-0.05, 0) is 30.6 Å². The SMILES string of the molecule is C[C@@H]1C[C@H]2CCC[C@H]21. The Labute approximate surface area is 51.3 Å². The molecule has 2 fully saturated rings. The fraction of sp³-hybridized carbons (Fsp3) is 1.00. The molecule has 0 aromatic rings. The van der Waals surface area contributed by atoms with E-state index in [-0.39, 0.29) is 0 Å². The minimum absolute atomic E-state index is 1.09. The first-order valence-electron chi connectivity index (χ1n) is 3.88. The van der Waals surface area contributed by atoms with Gasteiger partial charge in [-0.3, -0.25) is 0 Å². The van der Waals surface area contributed by atoms with Gasteiger partial charge in [-0.25, -0.2) is 0 Å². The molecule has 2 saturated carbocycles. The lowest BCUT2D eigenvalue weighted by Gasteiger charge is -2.37. The molecule has 46 valence electrons. The van der Waals surface area contributed by atoms with Crippen molar-refractivity contribution in [2.45, 2.75) is 32.6 Å². The van der Waals surface area contributed by atoms with Crippen LogP contribution in [0.2, 0.25) is 0 Å². The lowest BCUT2D eigenvalue weighted by molar-refractivity contribution is 0.120. The first-order valence-corrected chi connectivity index (χ1v) is 3.88. The molecule has 0 aliphatic heterocycles. The maximum Gasteiger partial charge on any atom is -0.0360 e. The van der Waals surface area contributed by atoms with Gasteiger partial charge in [0.15, 0.2) is 0 Å². The van der Waals surface area contributed by atoms with Gasteiger partial charge in [0.05, 0.1) is 0 Å². The summed E-state index contributed by atoms with van der Waals surface area (Å²) >= 11 is 0. The van der Waals surface area contributed by atoms with Crippen LogP contribution in [0.1, 0.15) is 32.6 Å². The van der Waals surface area contributed by atoms with Crippen molar-refractivity contribution < 1.29 is 0 Å². The van der Waals surface area contributed by atoms with Gasteiger partial charge < -0.3 is 0 Å². The van der Waals surface area contributed by atoms with Crippen molar-refractivity contribution in [3.05, 3.63) is 0 Å². The zero-order valence-electron chi connectivity index (χ0n) is 5.56. The topological polar surface area (TPSA) is 0 Å². The van der Waals surface area contributed by atoms with Gasteiger partial charge >= 0.3 is 0 Å². The zero-order valence-corrected chi connectivity index (χ0v) is 5.56. The van der Waals surface area contributed by atoms with E-state index in [0.29, 0.717) is 0 Å². The van der Waals surface area contributed by atoms with E-state index in [4.69, 9.17) is 0 Å². The third-order valence-corrected chi connectivity index (χ3v) is 3.12. The first kappa shape index (κ1) is 4.84. The average Bonchev–Trinajstić information content (AvgIpc) is 2.09. The molecule has 0 bridgehead atoms. The molecule has 2 aliphatic carbocycles. The lowest BCUT2D eigenvalue weighted by atomic mass is 9.68. The lowest BCUT2D eigenvalue weighted by Crippen LogP contribution is -2.29. The van der Waals surface area contributed by atoms with Crippen LogP contribution in [0.3, 0.4) is 0 Å². The van der Waals surface area contributed by atoms with Crippen LogP contribution in [0.4, 0.5) is 0 Å². The Balaban J connectivity index is 2.02. The maximum atomic E-state index is 2.41. The monoisotopic (exact) mass is 110 g/mol. The number of fused-ring (bicyclic) bond motifs is 1. The smallest absolute Gasteiger partial charge is 0.0360 e. The van der Waals surface area contributed by atoms with E-state index in [1.54, 1.807) is 19.3 Å². The number of hydrogen-bond donors (Lipinski definition) is 0. The highest BCUT2D eigenvalue weighted by molar-refractivity contribution is 4.90. The molecule has 8 heavy (non-hydrogen) atoms. The standard InChI is InChI=1S/C8H14/c1-6-5-7-3-2-4-8(6)7/h6-8H,2-5H2,1H3/t6-,7-,8+/m1/s1. The summed E-state index contributed by atoms with van der Waals surface area (Å²) in [7, 11) is 0. The van der Waals surface area contributed by atoms with E-state index >= 15 is 0 Å². The average molecular weight is 110 g/mol. The Kier molecular flexibility index (Phi) is 0.902. The van der Waals surface area contributed by atoms with Gasteiger partial charge in [0.2, 0.25) is 0 Å². The van der Waals surface area contributed by atoms with Crippen LogP contribution in [0.5, 0.6) is 0 Å². The summed E-state index contributed by atoms with van der Waals surface area (Å²) in [6, 6.07) is 0. The second-order valence-electron chi connectivity index (χ2n) is 3.57. The molecule has 0 heteroatoms. The molecule has 0 aromatic heterocycles. The Morgan fingerprint density at radius 1 is 1.25 bits per heavy atom. The summed E-state index contributed by atoms with van der Waals surface area (Å²) in [5.74, 6) is 3.42. The van der Waals surface area contributed by atoms with Crippen molar-refractivity contribution in [3.63, 3.8) is 0 Å². The maximum absolute atomic E-state index is 2.41. The van der Waals surface area contributed by atoms with Crippen molar-refractivity contribution >= 4 is 0 Å². The fourth-order valence-electron chi connectivity index (χ4n) is 2.56. The molecular weight excluding hydrogens is 96.1 g/mol. The Bertz CT molecular complexity index is 96.2. The first-order chi connectivity index (χ1) is 3.88. The molecule has 3 atom stereocenters. The van der Waals surface area contributed by atoms with E-state index in [9.17, 15) is 0 Å². The Morgan fingerprint density at radius 2 is 2.12 bits per heavy atom. The molecule has 0 amide bonds. The van der Waals surface area contributed by atoms with Crippen molar-refractivity contribution in [2.24, 2.45) is 17.8 Å². The molecule has 0 heterocycles. The molecule has 0 radical (unpaired) electrons. The van der Waals surface area contributed by atoms with E-state index in [0.717, 1.165) is 11.8 Å². The number of rotatable bonds is 0. The zero-order chi connectivity index (χ0) is 5.56. The molecular formula is C8H14. The highest BCUT2D eigenvalue weighted by atomic mass is 14.5. The molecule has 2 rings (SSSR count). The molecule has 0 aromatic carbocycles. The molecule has 0 spiro atoms.